The van der Waals surface area contributed by atoms with Crippen molar-refractivity contribution in [1.82, 2.24) is 25.1 Å². The number of phenolic OH excluding ortho intramolecular Hbond substituents is 1. The van der Waals surface area contributed by atoms with Crippen molar-refractivity contribution >= 4 is 11.6 Å². The monoisotopic (exact) mass is 393 g/mol. The van der Waals surface area contributed by atoms with Gasteiger partial charge in [0.15, 0.2) is 11.5 Å². The van der Waals surface area contributed by atoms with Crippen molar-refractivity contribution in [1.29, 1.82) is 5.26 Å². The Morgan fingerprint density at radius 3 is 2.55 bits per heavy atom. The Morgan fingerprint density at radius 1 is 1.17 bits per heavy atom. The number of H-pyrrole nitrogens is 1. The molecule has 0 unspecified atom stereocenters. The highest BCUT2D eigenvalue weighted by molar-refractivity contribution is 5.71. The predicted octanol–water partition coefficient (Wildman–Crippen LogP) is 2.91. The van der Waals surface area contributed by atoms with Gasteiger partial charge in [-0.15, -0.1) is 0 Å². The number of rotatable bonds is 4. The highest BCUT2D eigenvalue weighted by Crippen LogP contribution is 2.32. The fraction of sp³-hybridized carbons (Fsp3) is 0.300. The van der Waals surface area contributed by atoms with Gasteiger partial charge in [0.25, 0.3) is 0 Å². The number of hydrogen-bond acceptors (Lipinski definition) is 8. The average molecular weight is 393 g/mol. The van der Waals surface area contributed by atoms with Crippen molar-refractivity contribution in [2.24, 2.45) is 0 Å². The molecule has 29 heavy (non-hydrogen) atoms. The van der Waals surface area contributed by atoms with Gasteiger partial charge in [0.2, 0.25) is 0 Å². The lowest BCUT2D eigenvalue weighted by atomic mass is 10.1. The molecule has 1 saturated heterocycles. The lowest BCUT2D eigenvalue weighted by Gasteiger charge is -2.06. The van der Waals surface area contributed by atoms with E-state index < -0.39 is 0 Å². The predicted molar refractivity (Wildman–Crippen MR) is 109 cm³/mol. The van der Waals surface area contributed by atoms with E-state index >= 15 is 0 Å². The van der Waals surface area contributed by atoms with Crippen LogP contribution in [0.15, 0.2) is 36.7 Å². The number of hydrogen-bond donors (Lipinski definition) is 3. The van der Waals surface area contributed by atoms with Crippen LogP contribution in [-0.4, -0.2) is 57.4 Å². The van der Waals surface area contributed by atoms with Gasteiger partial charge >= 0.3 is 0 Å². The summed E-state index contributed by atoms with van der Waals surface area (Å²) in [4.78, 5) is 10.3. The van der Waals surface area contributed by atoms with Crippen molar-refractivity contribution in [2.75, 3.05) is 32.6 Å². The van der Waals surface area contributed by atoms with Gasteiger partial charge in [-0.1, -0.05) is 0 Å². The molecule has 4 rings (SSSR count). The molecule has 0 amide bonds. The van der Waals surface area contributed by atoms with Crippen LogP contribution < -0.4 is 10.1 Å². The summed E-state index contributed by atoms with van der Waals surface area (Å²) < 4.78 is 5.25. The van der Waals surface area contributed by atoms with Gasteiger partial charge in [-0.05, 0) is 45.1 Å². The van der Waals surface area contributed by atoms with Gasteiger partial charge in [0.1, 0.15) is 23.4 Å². The van der Waals surface area contributed by atoms with E-state index in [0.29, 0.717) is 23.1 Å². The Morgan fingerprint density at radius 2 is 1.97 bits per heavy atom. The molecule has 0 saturated carbocycles. The highest BCUT2D eigenvalue weighted by Gasteiger charge is 2.10. The third-order valence-electron chi connectivity index (χ3n) is 4.41. The fourth-order valence-electron chi connectivity index (χ4n) is 2.88. The number of benzene rings is 1. The summed E-state index contributed by atoms with van der Waals surface area (Å²) in [6, 6.07) is 8.50. The maximum Gasteiger partial charge on any atom is 0.158 e. The Bertz CT molecular complexity index is 973. The molecule has 1 fully saturated rings. The lowest BCUT2D eigenvalue weighted by Crippen LogP contribution is -2.10. The van der Waals surface area contributed by atoms with Gasteiger partial charge in [0.05, 0.1) is 25.2 Å². The molecule has 9 heteroatoms. The minimum absolute atomic E-state index is 0.122. The summed E-state index contributed by atoms with van der Waals surface area (Å²) in [6.45, 7) is 2.64. The average Bonchev–Trinajstić information content (AvgIpc) is 3.40. The highest BCUT2D eigenvalue weighted by atomic mass is 16.5. The van der Waals surface area contributed by atoms with Crippen molar-refractivity contribution in [3.63, 3.8) is 0 Å². The normalized spacial score (nSPS) is 13.3. The molecule has 0 aliphatic carbocycles. The standard InChI is InChI=1S/C15H12N6O2.C5H11N/c1-23-13-4-10(22)2-3-11(13)12-5-14(21-20-12)19-15-8-17-9(6-16)7-18-15;1-6-4-2-3-5-6/h2-5,7-8,22H,1H3,(H2,18,19,20,21);2-5H2,1H3. The molecule has 3 heterocycles. The van der Waals surface area contributed by atoms with E-state index in [4.69, 9.17) is 10.00 Å². The van der Waals surface area contributed by atoms with E-state index in [-0.39, 0.29) is 11.4 Å². The van der Waals surface area contributed by atoms with E-state index in [2.05, 4.69) is 37.4 Å². The molecule has 0 spiro atoms. The quantitative estimate of drug-likeness (QED) is 0.618. The number of ether oxygens (including phenoxy) is 1. The van der Waals surface area contributed by atoms with E-state index in [1.165, 1.54) is 51.5 Å². The Balaban J connectivity index is 0.000000343. The summed E-state index contributed by atoms with van der Waals surface area (Å²) in [7, 11) is 3.70. The van der Waals surface area contributed by atoms with Crippen molar-refractivity contribution in [3.8, 4) is 28.8 Å². The Kier molecular flexibility index (Phi) is 6.60. The fourth-order valence-corrected chi connectivity index (χ4v) is 2.88. The van der Waals surface area contributed by atoms with Gasteiger partial charge < -0.3 is 20.1 Å². The summed E-state index contributed by atoms with van der Waals surface area (Å²) in [5.41, 5.74) is 1.72. The summed E-state index contributed by atoms with van der Waals surface area (Å²) in [6.07, 6.45) is 5.65. The first-order valence-corrected chi connectivity index (χ1v) is 9.19. The molecule has 0 bridgehead atoms. The summed E-state index contributed by atoms with van der Waals surface area (Å²) in [5, 5.41) is 28.2. The van der Waals surface area contributed by atoms with Crippen LogP contribution in [0.2, 0.25) is 0 Å². The first-order valence-electron chi connectivity index (χ1n) is 9.19. The molecule has 2 aromatic heterocycles. The Hall–Kier alpha value is -3.64. The third kappa shape index (κ3) is 5.43. The van der Waals surface area contributed by atoms with Crippen LogP contribution in [0.3, 0.4) is 0 Å². The molecule has 9 nitrogen and oxygen atoms in total. The maximum atomic E-state index is 9.50. The Labute approximate surface area is 169 Å². The van der Waals surface area contributed by atoms with Crippen LogP contribution in [0.4, 0.5) is 11.6 Å². The zero-order valence-corrected chi connectivity index (χ0v) is 16.4. The van der Waals surface area contributed by atoms with Gasteiger partial charge in [-0.2, -0.15) is 10.4 Å². The molecule has 150 valence electrons. The number of methoxy groups -OCH3 is 1. The molecule has 3 N–H and O–H groups in total. The van der Waals surface area contributed by atoms with E-state index in [1.54, 1.807) is 18.2 Å². The number of phenols is 1. The van der Waals surface area contributed by atoms with Crippen LogP contribution >= 0.6 is 0 Å². The number of aromatic amines is 1. The van der Waals surface area contributed by atoms with Gasteiger partial charge in [-0.25, -0.2) is 9.97 Å². The van der Waals surface area contributed by atoms with Crippen molar-refractivity contribution in [3.05, 3.63) is 42.4 Å². The van der Waals surface area contributed by atoms with Crippen LogP contribution in [-0.2, 0) is 0 Å². The molecular weight excluding hydrogens is 370 g/mol. The number of anilines is 2. The molecule has 0 atom stereocenters. The van der Waals surface area contributed by atoms with Gasteiger partial charge in [0, 0.05) is 17.7 Å². The topological polar surface area (TPSA) is 123 Å². The SMILES string of the molecule is CN1CCCC1.COc1cc(O)ccc1-c1cc(Nc2cnc(C#N)cn2)n[nH]1. The number of aromatic hydroxyl groups is 1. The van der Waals surface area contributed by atoms with E-state index in [9.17, 15) is 5.11 Å². The lowest BCUT2D eigenvalue weighted by molar-refractivity contribution is 0.409. The van der Waals surface area contributed by atoms with Crippen LogP contribution in [0, 0.1) is 11.3 Å². The number of nitrogens with zero attached hydrogens (tertiary/aromatic N) is 5. The number of nitrogens with one attached hydrogen (secondary N) is 2. The summed E-state index contributed by atoms with van der Waals surface area (Å²) in [5.74, 6) is 1.66. The van der Waals surface area contributed by atoms with Gasteiger partial charge in [-0.3, -0.25) is 5.10 Å². The molecule has 1 aromatic carbocycles. The molecule has 1 aliphatic rings. The molecule has 0 radical (unpaired) electrons. The summed E-state index contributed by atoms with van der Waals surface area (Å²) >= 11 is 0. The molecular formula is C20H23N7O2. The smallest absolute Gasteiger partial charge is 0.158 e. The number of aromatic nitrogens is 4. The zero-order valence-electron chi connectivity index (χ0n) is 16.4. The van der Waals surface area contributed by atoms with E-state index in [1.807, 2.05) is 6.07 Å². The third-order valence-corrected chi connectivity index (χ3v) is 4.41. The van der Waals surface area contributed by atoms with E-state index in [0.717, 1.165) is 5.56 Å². The largest absolute Gasteiger partial charge is 0.508 e. The van der Waals surface area contributed by atoms with Crippen molar-refractivity contribution in [2.45, 2.75) is 12.8 Å². The second-order valence-electron chi connectivity index (χ2n) is 6.59. The van der Waals surface area contributed by atoms with Crippen LogP contribution in [0.25, 0.3) is 11.3 Å². The van der Waals surface area contributed by atoms with Crippen LogP contribution in [0.1, 0.15) is 18.5 Å². The van der Waals surface area contributed by atoms with Crippen molar-refractivity contribution < 1.29 is 9.84 Å². The molecule has 3 aromatic rings. The second-order valence-corrected chi connectivity index (χ2v) is 6.59. The number of likely N-dealkylation sites (tertiary alicyclic amines) is 1. The first kappa shape index (κ1) is 20.1. The minimum Gasteiger partial charge on any atom is -0.508 e. The van der Waals surface area contributed by atoms with Crippen LogP contribution in [0.5, 0.6) is 11.5 Å². The first-order chi connectivity index (χ1) is 14.1. The number of nitriles is 1. The maximum absolute atomic E-state index is 9.50. The molecule has 1 aliphatic heterocycles. The minimum atomic E-state index is 0.122. The zero-order chi connectivity index (χ0) is 20.6. The second kappa shape index (κ2) is 9.52.